The van der Waals surface area contributed by atoms with Crippen LogP contribution in [0.2, 0.25) is 5.02 Å². The lowest BCUT2D eigenvalue weighted by Crippen LogP contribution is -2.38. The van der Waals surface area contributed by atoms with Crippen LogP contribution in [0, 0.1) is 0 Å². The molecular weight excluding hydrogens is 234 g/mol. The van der Waals surface area contributed by atoms with Crippen LogP contribution in [0.15, 0.2) is 24.3 Å². The second-order valence-corrected chi connectivity index (χ2v) is 5.18. The van der Waals surface area contributed by atoms with Crippen molar-refractivity contribution < 1.29 is 4.79 Å². The van der Waals surface area contributed by atoms with E-state index in [9.17, 15) is 4.79 Å². The third-order valence-corrected chi connectivity index (χ3v) is 3.81. The second kappa shape index (κ2) is 5.65. The van der Waals surface area contributed by atoms with Crippen LogP contribution in [0.3, 0.4) is 0 Å². The molecule has 0 atom stereocenters. The van der Waals surface area contributed by atoms with Gasteiger partial charge in [-0.05, 0) is 44.2 Å². The zero-order valence-electron chi connectivity index (χ0n) is 10.2. The highest BCUT2D eigenvalue weighted by Gasteiger charge is 2.22. The highest BCUT2D eigenvalue weighted by Crippen LogP contribution is 2.23. The molecule has 0 amide bonds. The van der Waals surface area contributed by atoms with Gasteiger partial charge in [-0.25, -0.2) is 0 Å². The number of carbonyl (C=O) groups is 1. The van der Waals surface area contributed by atoms with Gasteiger partial charge in [0.2, 0.25) is 0 Å². The average Bonchev–Trinajstić information content (AvgIpc) is 2.24. The summed E-state index contributed by atoms with van der Waals surface area (Å²) in [6.07, 6.45) is 4.49. The van der Waals surface area contributed by atoms with Gasteiger partial charge in [-0.3, -0.25) is 4.79 Å². The lowest BCUT2D eigenvalue weighted by Gasteiger charge is -2.34. The highest BCUT2D eigenvalue weighted by atomic mass is 35.5. The smallest absolute Gasteiger partial charge is 0.164 e. The van der Waals surface area contributed by atoms with E-state index in [-0.39, 0.29) is 5.78 Å². The predicted molar refractivity (Wildman–Crippen MR) is 70.7 cm³/mol. The highest BCUT2D eigenvalue weighted by molar-refractivity contribution is 6.30. The fraction of sp³-hybridized carbons (Fsp3) is 0.500. The molecule has 2 nitrogen and oxygen atoms in total. The number of hydrogen-bond acceptors (Lipinski definition) is 2. The third-order valence-electron chi connectivity index (χ3n) is 3.56. The van der Waals surface area contributed by atoms with Gasteiger partial charge in [-0.15, -0.1) is 0 Å². The van der Waals surface area contributed by atoms with Crippen molar-refractivity contribution in [2.75, 3.05) is 13.6 Å². The maximum Gasteiger partial charge on any atom is 0.164 e. The van der Waals surface area contributed by atoms with Crippen molar-refractivity contribution in [2.45, 2.75) is 31.7 Å². The molecule has 92 valence electrons. The molecule has 1 aromatic carbocycles. The first kappa shape index (κ1) is 12.6. The summed E-state index contributed by atoms with van der Waals surface area (Å²) in [5, 5.41) is 0.674. The lowest BCUT2D eigenvalue weighted by molar-refractivity contribution is 0.0939. The average molecular weight is 252 g/mol. The number of Topliss-reactive ketones (excluding diaryl/α,β-unsaturated/α-hetero) is 1. The van der Waals surface area contributed by atoms with Gasteiger partial charge < -0.3 is 4.90 Å². The molecule has 1 saturated carbocycles. The van der Waals surface area contributed by atoms with Crippen LogP contribution in [-0.2, 0) is 0 Å². The van der Waals surface area contributed by atoms with Crippen LogP contribution in [0.25, 0.3) is 0 Å². The second-order valence-electron chi connectivity index (χ2n) is 4.75. The van der Waals surface area contributed by atoms with Crippen LogP contribution in [0.5, 0.6) is 0 Å². The summed E-state index contributed by atoms with van der Waals surface area (Å²) in [5.74, 6) is 0.202. The quantitative estimate of drug-likeness (QED) is 0.748. The molecule has 0 aliphatic heterocycles. The molecule has 3 heteroatoms. The summed E-state index contributed by atoms with van der Waals surface area (Å²) in [4.78, 5) is 14.2. The molecule has 0 heterocycles. The largest absolute Gasteiger partial charge is 0.303 e. The molecule has 1 aromatic rings. The Kier molecular flexibility index (Phi) is 4.19. The summed E-state index contributed by atoms with van der Waals surface area (Å²) in [6, 6.07) is 7.84. The van der Waals surface area contributed by atoms with E-state index in [1.54, 1.807) is 24.3 Å². The van der Waals surface area contributed by atoms with Gasteiger partial charge in [-0.1, -0.05) is 18.0 Å². The molecule has 0 unspecified atom stereocenters. The molecular formula is C14H18ClNO. The lowest BCUT2D eigenvalue weighted by atomic mass is 9.91. The Hall–Kier alpha value is -0.860. The molecule has 0 saturated heterocycles. The summed E-state index contributed by atoms with van der Waals surface area (Å²) < 4.78 is 0. The van der Waals surface area contributed by atoms with Crippen LogP contribution in [0.1, 0.15) is 36.0 Å². The van der Waals surface area contributed by atoms with Crippen molar-refractivity contribution in [3.05, 3.63) is 34.9 Å². The van der Waals surface area contributed by atoms with E-state index in [1.807, 2.05) is 0 Å². The standard InChI is InChI=1S/C14H18ClNO/c1-16(13-3-2-4-13)10-9-14(17)11-5-7-12(15)8-6-11/h5-8,13H,2-4,9-10H2,1H3. The summed E-state index contributed by atoms with van der Waals surface area (Å²) in [5.41, 5.74) is 0.761. The Morgan fingerprint density at radius 2 is 2.00 bits per heavy atom. The van der Waals surface area contributed by atoms with Crippen LogP contribution in [-0.4, -0.2) is 30.3 Å². The molecule has 17 heavy (non-hydrogen) atoms. The summed E-state index contributed by atoms with van der Waals surface area (Å²) >= 11 is 5.79. The number of halogens is 1. The van der Waals surface area contributed by atoms with E-state index in [4.69, 9.17) is 11.6 Å². The number of carbonyl (C=O) groups excluding carboxylic acids is 1. The van der Waals surface area contributed by atoms with Gasteiger partial charge in [0.1, 0.15) is 0 Å². The molecule has 0 spiro atoms. The molecule has 1 aliphatic rings. The molecule has 0 radical (unpaired) electrons. The minimum atomic E-state index is 0.202. The van der Waals surface area contributed by atoms with Crippen molar-refractivity contribution in [1.29, 1.82) is 0 Å². The first-order valence-electron chi connectivity index (χ1n) is 6.16. The van der Waals surface area contributed by atoms with Crippen molar-refractivity contribution in [3.8, 4) is 0 Å². The Morgan fingerprint density at radius 1 is 1.35 bits per heavy atom. The van der Waals surface area contributed by atoms with E-state index >= 15 is 0 Å². The van der Waals surface area contributed by atoms with Crippen molar-refractivity contribution in [2.24, 2.45) is 0 Å². The zero-order valence-corrected chi connectivity index (χ0v) is 10.9. The van der Waals surface area contributed by atoms with Crippen molar-refractivity contribution in [1.82, 2.24) is 4.90 Å². The molecule has 2 rings (SSSR count). The molecule has 1 fully saturated rings. The van der Waals surface area contributed by atoms with Gasteiger partial charge in [0.25, 0.3) is 0 Å². The number of benzene rings is 1. The third kappa shape index (κ3) is 3.30. The monoisotopic (exact) mass is 251 g/mol. The van der Waals surface area contributed by atoms with Crippen LogP contribution < -0.4 is 0 Å². The zero-order chi connectivity index (χ0) is 12.3. The van der Waals surface area contributed by atoms with E-state index in [0.717, 1.165) is 12.1 Å². The van der Waals surface area contributed by atoms with Crippen LogP contribution >= 0.6 is 11.6 Å². The summed E-state index contributed by atoms with van der Waals surface area (Å²) in [6.45, 7) is 0.853. The van der Waals surface area contributed by atoms with Gasteiger partial charge in [0.05, 0.1) is 0 Å². The minimum absolute atomic E-state index is 0.202. The number of ketones is 1. The van der Waals surface area contributed by atoms with Gasteiger partial charge >= 0.3 is 0 Å². The maximum atomic E-state index is 11.9. The van der Waals surface area contributed by atoms with Gasteiger partial charge in [-0.2, -0.15) is 0 Å². The Bertz CT molecular complexity index is 384. The van der Waals surface area contributed by atoms with Crippen LogP contribution in [0.4, 0.5) is 0 Å². The maximum absolute atomic E-state index is 11.9. The van der Waals surface area contributed by atoms with Gasteiger partial charge in [0, 0.05) is 29.6 Å². The Morgan fingerprint density at radius 3 is 2.53 bits per heavy atom. The summed E-state index contributed by atoms with van der Waals surface area (Å²) in [7, 11) is 2.11. The molecule has 1 aliphatic carbocycles. The fourth-order valence-corrected chi connectivity index (χ4v) is 2.19. The normalized spacial score (nSPS) is 15.9. The fourth-order valence-electron chi connectivity index (χ4n) is 2.07. The molecule has 0 bridgehead atoms. The SMILES string of the molecule is CN(CCC(=O)c1ccc(Cl)cc1)C1CCC1. The number of hydrogen-bond donors (Lipinski definition) is 0. The minimum Gasteiger partial charge on any atom is -0.303 e. The number of rotatable bonds is 5. The number of nitrogens with zero attached hydrogens (tertiary/aromatic N) is 1. The van der Waals surface area contributed by atoms with E-state index in [2.05, 4.69) is 11.9 Å². The van der Waals surface area contributed by atoms with E-state index < -0.39 is 0 Å². The van der Waals surface area contributed by atoms with E-state index in [0.29, 0.717) is 17.5 Å². The first-order valence-corrected chi connectivity index (χ1v) is 6.53. The predicted octanol–water partition coefficient (Wildman–Crippen LogP) is 3.40. The van der Waals surface area contributed by atoms with Crippen molar-refractivity contribution >= 4 is 17.4 Å². The Labute approximate surface area is 108 Å². The van der Waals surface area contributed by atoms with Gasteiger partial charge in [0.15, 0.2) is 5.78 Å². The topological polar surface area (TPSA) is 20.3 Å². The van der Waals surface area contributed by atoms with E-state index in [1.165, 1.54) is 19.3 Å². The van der Waals surface area contributed by atoms with Crippen molar-refractivity contribution in [3.63, 3.8) is 0 Å². The Balaban J connectivity index is 1.82. The molecule has 0 N–H and O–H groups in total. The first-order chi connectivity index (χ1) is 8.16. The molecule has 0 aromatic heterocycles.